The zero-order chi connectivity index (χ0) is 14.7. The van der Waals surface area contributed by atoms with E-state index in [0.717, 1.165) is 12.8 Å². The van der Waals surface area contributed by atoms with Gasteiger partial charge in [-0.2, -0.15) is 0 Å². The third kappa shape index (κ3) is 2.77. The topological polar surface area (TPSA) is 40.6 Å². The molecule has 2 amide bonds. The molecule has 5 heteroatoms. The van der Waals surface area contributed by atoms with Crippen molar-refractivity contribution in [2.75, 3.05) is 13.1 Å². The number of hydrogen-bond donors (Lipinski definition) is 0. The lowest BCUT2D eigenvalue weighted by Crippen LogP contribution is -2.56. The average Bonchev–Trinajstić information content (AvgIpc) is 2.46. The summed E-state index contributed by atoms with van der Waals surface area (Å²) in [6.45, 7) is 4.77. The largest absolute Gasteiger partial charge is 0.285 e. The van der Waals surface area contributed by atoms with Crippen molar-refractivity contribution in [3.63, 3.8) is 0 Å². The lowest BCUT2D eigenvalue weighted by molar-refractivity contribution is -0.133. The minimum Gasteiger partial charge on any atom is -0.285 e. The van der Waals surface area contributed by atoms with Crippen LogP contribution < -0.4 is 0 Å². The Bertz CT molecular complexity index is 425. The standard InChI is InChI=1S/C15H22N2O2S/c1-3-16-13(18)12(10-11-8-6-5-7-9-11)14(19)17(4-2)15(16)20/h10-11H,3-9H2,1-2H3. The first-order valence-electron chi connectivity index (χ1n) is 7.49. The molecule has 1 aliphatic carbocycles. The van der Waals surface area contributed by atoms with Gasteiger partial charge in [-0.05, 0) is 44.8 Å². The summed E-state index contributed by atoms with van der Waals surface area (Å²) in [5.41, 5.74) is 0.314. The Kier molecular flexibility index (Phi) is 4.91. The molecule has 110 valence electrons. The number of amides is 2. The summed E-state index contributed by atoms with van der Waals surface area (Å²) in [5, 5.41) is 0.339. The number of likely N-dealkylation sites (N-methyl/N-ethyl adjacent to an activating group) is 2. The Hall–Kier alpha value is -1.23. The van der Waals surface area contributed by atoms with Crippen LogP contribution in [0, 0.1) is 5.92 Å². The van der Waals surface area contributed by atoms with Gasteiger partial charge in [-0.3, -0.25) is 19.4 Å². The van der Waals surface area contributed by atoms with Crippen LogP contribution in [0.2, 0.25) is 0 Å². The molecule has 0 unspecified atom stereocenters. The predicted octanol–water partition coefficient (Wildman–Crippen LogP) is 2.49. The molecule has 1 heterocycles. The lowest BCUT2D eigenvalue weighted by atomic mass is 9.87. The molecule has 2 rings (SSSR count). The van der Waals surface area contributed by atoms with E-state index in [2.05, 4.69) is 0 Å². The van der Waals surface area contributed by atoms with Crippen LogP contribution in [0.3, 0.4) is 0 Å². The van der Waals surface area contributed by atoms with E-state index in [0.29, 0.717) is 29.7 Å². The first-order valence-corrected chi connectivity index (χ1v) is 7.90. The molecule has 0 aromatic rings. The monoisotopic (exact) mass is 294 g/mol. The van der Waals surface area contributed by atoms with Gasteiger partial charge in [-0.15, -0.1) is 0 Å². The minimum absolute atomic E-state index is 0.224. The van der Waals surface area contributed by atoms with E-state index >= 15 is 0 Å². The third-order valence-corrected chi connectivity index (χ3v) is 4.54. The fourth-order valence-electron chi connectivity index (χ4n) is 2.94. The van der Waals surface area contributed by atoms with Gasteiger partial charge in [0.05, 0.1) is 0 Å². The van der Waals surface area contributed by atoms with Crippen molar-refractivity contribution >= 4 is 29.1 Å². The number of carbonyl (C=O) groups is 2. The van der Waals surface area contributed by atoms with Gasteiger partial charge >= 0.3 is 0 Å². The van der Waals surface area contributed by atoms with Crippen molar-refractivity contribution in [1.82, 2.24) is 9.80 Å². The summed E-state index contributed by atoms with van der Waals surface area (Å²) in [6, 6.07) is 0. The summed E-state index contributed by atoms with van der Waals surface area (Å²) in [4.78, 5) is 27.9. The van der Waals surface area contributed by atoms with E-state index in [1.165, 1.54) is 29.1 Å². The summed E-state index contributed by atoms with van der Waals surface area (Å²) >= 11 is 5.24. The first-order chi connectivity index (χ1) is 9.60. The van der Waals surface area contributed by atoms with Crippen molar-refractivity contribution < 1.29 is 9.59 Å². The van der Waals surface area contributed by atoms with Crippen LogP contribution in [-0.4, -0.2) is 39.8 Å². The van der Waals surface area contributed by atoms with Crippen LogP contribution >= 0.6 is 12.2 Å². The number of allylic oxidation sites excluding steroid dienone is 1. The highest BCUT2D eigenvalue weighted by Crippen LogP contribution is 2.27. The van der Waals surface area contributed by atoms with Crippen LogP contribution in [0.5, 0.6) is 0 Å². The van der Waals surface area contributed by atoms with Crippen molar-refractivity contribution in [3.8, 4) is 0 Å². The molecule has 1 saturated heterocycles. The van der Waals surface area contributed by atoms with Crippen LogP contribution in [0.1, 0.15) is 46.0 Å². The van der Waals surface area contributed by atoms with Gasteiger partial charge in [-0.25, -0.2) is 0 Å². The molecule has 0 aromatic carbocycles. The van der Waals surface area contributed by atoms with E-state index in [-0.39, 0.29) is 11.8 Å². The molecule has 0 aromatic heterocycles. The highest BCUT2D eigenvalue weighted by atomic mass is 32.1. The molecular weight excluding hydrogens is 272 g/mol. The maximum atomic E-state index is 12.4. The third-order valence-electron chi connectivity index (χ3n) is 4.10. The molecule has 0 radical (unpaired) electrons. The Balaban J connectivity index is 2.29. The molecule has 0 spiro atoms. The second kappa shape index (κ2) is 6.48. The van der Waals surface area contributed by atoms with E-state index in [9.17, 15) is 9.59 Å². The molecule has 4 nitrogen and oxygen atoms in total. The van der Waals surface area contributed by atoms with Gasteiger partial charge < -0.3 is 0 Å². The minimum atomic E-state index is -0.224. The summed E-state index contributed by atoms with van der Waals surface area (Å²) in [5.74, 6) is -0.0914. The number of nitrogens with zero attached hydrogens (tertiary/aromatic N) is 2. The van der Waals surface area contributed by atoms with E-state index in [1.807, 2.05) is 19.9 Å². The van der Waals surface area contributed by atoms with E-state index in [1.54, 1.807) is 0 Å². The number of carbonyl (C=O) groups excluding carboxylic acids is 2. The van der Waals surface area contributed by atoms with E-state index in [4.69, 9.17) is 12.2 Å². The highest BCUT2D eigenvalue weighted by Gasteiger charge is 2.38. The Morgan fingerprint density at radius 1 is 1.05 bits per heavy atom. The van der Waals surface area contributed by atoms with Crippen LogP contribution in [0.15, 0.2) is 11.6 Å². The van der Waals surface area contributed by atoms with Crippen LogP contribution in [0.25, 0.3) is 0 Å². The molecule has 1 saturated carbocycles. The summed E-state index contributed by atoms with van der Waals surface area (Å²) in [6.07, 6.45) is 7.68. The average molecular weight is 294 g/mol. The molecule has 0 N–H and O–H groups in total. The molecular formula is C15H22N2O2S. The fourth-order valence-corrected chi connectivity index (χ4v) is 3.36. The molecule has 0 bridgehead atoms. The van der Waals surface area contributed by atoms with Crippen LogP contribution in [0.4, 0.5) is 0 Å². The van der Waals surface area contributed by atoms with Crippen molar-refractivity contribution in [3.05, 3.63) is 11.6 Å². The molecule has 2 aliphatic rings. The van der Waals surface area contributed by atoms with Gasteiger partial charge in [0.1, 0.15) is 5.57 Å². The quantitative estimate of drug-likeness (QED) is 0.456. The zero-order valence-corrected chi connectivity index (χ0v) is 13.0. The maximum Gasteiger partial charge on any atom is 0.265 e. The van der Waals surface area contributed by atoms with Gasteiger partial charge in [0.15, 0.2) is 5.11 Å². The predicted molar refractivity (Wildman–Crippen MR) is 82.0 cm³/mol. The zero-order valence-electron chi connectivity index (χ0n) is 12.2. The fraction of sp³-hybridized carbons (Fsp3) is 0.667. The van der Waals surface area contributed by atoms with Gasteiger partial charge in [-0.1, -0.05) is 25.3 Å². The molecule has 20 heavy (non-hydrogen) atoms. The lowest BCUT2D eigenvalue weighted by Gasteiger charge is -2.36. The molecule has 1 aliphatic heterocycles. The van der Waals surface area contributed by atoms with Crippen molar-refractivity contribution in [2.45, 2.75) is 46.0 Å². The number of thiocarbonyl (C=S) groups is 1. The normalized spacial score (nSPS) is 21.7. The molecule has 0 atom stereocenters. The first kappa shape index (κ1) is 15.2. The number of rotatable bonds is 3. The Morgan fingerprint density at radius 3 is 2.00 bits per heavy atom. The maximum absolute atomic E-state index is 12.4. The molecule has 2 fully saturated rings. The SMILES string of the molecule is CCN1C(=O)C(=CC2CCCCC2)C(=O)N(CC)C1=S. The highest BCUT2D eigenvalue weighted by molar-refractivity contribution is 7.80. The van der Waals surface area contributed by atoms with Crippen LogP contribution in [-0.2, 0) is 9.59 Å². The van der Waals surface area contributed by atoms with E-state index < -0.39 is 0 Å². The number of hydrogen-bond acceptors (Lipinski definition) is 3. The van der Waals surface area contributed by atoms with Gasteiger partial charge in [0.2, 0.25) is 0 Å². The van der Waals surface area contributed by atoms with Crippen molar-refractivity contribution in [2.24, 2.45) is 5.92 Å². The summed E-state index contributed by atoms with van der Waals surface area (Å²) in [7, 11) is 0. The van der Waals surface area contributed by atoms with Gasteiger partial charge in [0, 0.05) is 13.1 Å². The second-order valence-electron chi connectivity index (χ2n) is 5.36. The summed E-state index contributed by atoms with van der Waals surface area (Å²) < 4.78 is 0. The Morgan fingerprint density at radius 2 is 1.55 bits per heavy atom. The van der Waals surface area contributed by atoms with Crippen molar-refractivity contribution in [1.29, 1.82) is 0 Å². The Labute approximate surface area is 125 Å². The van der Waals surface area contributed by atoms with Gasteiger partial charge in [0.25, 0.3) is 11.8 Å². The smallest absolute Gasteiger partial charge is 0.265 e. The second-order valence-corrected chi connectivity index (χ2v) is 5.72.